The van der Waals surface area contributed by atoms with Crippen LogP contribution in [0.1, 0.15) is 29.2 Å². The molecule has 0 saturated carbocycles. The minimum absolute atomic E-state index is 0.0899. The van der Waals surface area contributed by atoms with Gasteiger partial charge in [0, 0.05) is 40.9 Å². The molecule has 0 saturated heterocycles. The second-order valence-electron chi connectivity index (χ2n) is 5.88. The predicted molar refractivity (Wildman–Crippen MR) is 103 cm³/mol. The molecule has 134 valence electrons. The number of nitrogens with zero attached hydrogens (tertiary/aromatic N) is 2. The van der Waals surface area contributed by atoms with E-state index in [1.807, 2.05) is 13.0 Å². The zero-order valence-electron chi connectivity index (χ0n) is 14.8. The van der Waals surface area contributed by atoms with Crippen LogP contribution in [0.25, 0.3) is 0 Å². The third kappa shape index (κ3) is 6.19. The molecular weight excluding hydrogens is 336 g/mol. The summed E-state index contributed by atoms with van der Waals surface area (Å²) < 4.78 is 0. The molecule has 2 aromatic rings. The number of rotatable bonds is 7. The van der Waals surface area contributed by atoms with Crippen molar-refractivity contribution in [3.8, 4) is 0 Å². The predicted octanol–water partition coefficient (Wildman–Crippen LogP) is 3.65. The van der Waals surface area contributed by atoms with Gasteiger partial charge in [0.05, 0.1) is 11.5 Å². The Hall–Kier alpha value is -2.41. The first-order chi connectivity index (χ1) is 12.0. The number of non-ortho nitro benzene ring substituents is 1. The molecule has 0 fully saturated rings. The van der Waals surface area contributed by atoms with Crippen LogP contribution >= 0.6 is 11.3 Å². The van der Waals surface area contributed by atoms with Crippen LogP contribution < -0.4 is 10.6 Å². The fourth-order valence-electron chi connectivity index (χ4n) is 2.44. The van der Waals surface area contributed by atoms with Gasteiger partial charge in [-0.2, -0.15) is 0 Å². The van der Waals surface area contributed by atoms with Gasteiger partial charge in [0.1, 0.15) is 0 Å². The van der Waals surface area contributed by atoms with Crippen LogP contribution in [0.2, 0.25) is 0 Å². The Morgan fingerprint density at radius 1 is 1.36 bits per heavy atom. The lowest BCUT2D eigenvalue weighted by Crippen LogP contribution is -2.43. The van der Waals surface area contributed by atoms with E-state index >= 15 is 0 Å². The maximum Gasteiger partial charge on any atom is 0.269 e. The molecule has 7 heteroatoms. The molecule has 1 aromatic heterocycles. The summed E-state index contributed by atoms with van der Waals surface area (Å²) in [5, 5.41) is 17.5. The van der Waals surface area contributed by atoms with Crippen molar-refractivity contribution in [2.24, 2.45) is 4.99 Å². The monoisotopic (exact) mass is 360 g/mol. The quantitative estimate of drug-likeness (QED) is 0.342. The summed E-state index contributed by atoms with van der Waals surface area (Å²) >= 11 is 1.81. The summed E-state index contributed by atoms with van der Waals surface area (Å²) in [4.78, 5) is 17.7. The highest BCUT2D eigenvalue weighted by Gasteiger charge is 2.09. The summed E-state index contributed by atoms with van der Waals surface area (Å²) in [6.07, 6.45) is 0.930. The summed E-state index contributed by atoms with van der Waals surface area (Å²) in [6.45, 7) is 7.39. The largest absolute Gasteiger partial charge is 0.357 e. The number of guanidine groups is 1. The van der Waals surface area contributed by atoms with Crippen molar-refractivity contribution in [3.05, 3.63) is 61.8 Å². The van der Waals surface area contributed by atoms with Crippen LogP contribution in [0.3, 0.4) is 0 Å². The average molecular weight is 360 g/mol. The van der Waals surface area contributed by atoms with Crippen LogP contribution in [0.5, 0.6) is 0 Å². The third-order valence-electron chi connectivity index (χ3n) is 3.57. The van der Waals surface area contributed by atoms with Crippen LogP contribution in [0, 0.1) is 17.0 Å². The molecule has 1 aromatic carbocycles. The van der Waals surface area contributed by atoms with E-state index in [-0.39, 0.29) is 16.7 Å². The molecule has 0 aliphatic rings. The van der Waals surface area contributed by atoms with E-state index in [1.165, 1.54) is 15.8 Å². The lowest BCUT2D eigenvalue weighted by molar-refractivity contribution is -0.384. The van der Waals surface area contributed by atoms with E-state index in [9.17, 15) is 10.1 Å². The average Bonchev–Trinajstić information content (AvgIpc) is 2.98. The minimum atomic E-state index is -0.387. The van der Waals surface area contributed by atoms with E-state index in [1.54, 1.807) is 23.5 Å². The number of nitro groups is 1. The fraction of sp³-hybridized carbons (Fsp3) is 0.389. The standard InChI is InChI=1S/C18H24N4O2S/c1-4-19-18(21-13(2)10-17-9-8-14(3)25-17)20-12-15-6-5-7-16(11-15)22(23)24/h5-9,11,13H,4,10,12H2,1-3H3,(H2,19,20,21). The molecule has 1 unspecified atom stereocenters. The first-order valence-corrected chi connectivity index (χ1v) is 9.13. The van der Waals surface area contributed by atoms with Crippen molar-refractivity contribution in [1.29, 1.82) is 0 Å². The van der Waals surface area contributed by atoms with Gasteiger partial charge in [-0.05, 0) is 38.5 Å². The third-order valence-corrected chi connectivity index (χ3v) is 4.59. The first-order valence-electron chi connectivity index (χ1n) is 8.31. The van der Waals surface area contributed by atoms with Crippen molar-refractivity contribution in [2.45, 2.75) is 39.8 Å². The smallest absolute Gasteiger partial charge is 0.269 e. The number of hydrogen-bond acceptors (Lipinski definition) is 4. The Morgan fingerprint density at radius 2 is 2.16 bits per heavy atom. The van der Waals surface area contributed by atoms with E-state index in [0.29, 0.717) is 6.54 Å². The minimum Gasteiger partial charge on any atom is -0.357 e. The van der Waals surface area contributed by atoms with E-state index < -0.39 is 0 Å². The van der Waals surface area contributed by atoms with Gasteiger partial charge in [0.25, 0.3) is 5.69 Å². The lowest BCUT2D eigenvalue weighted by atomic mass is 10.2. The highest BCUT2D eigenvalue weighted by molar-refractivity contribution is 7.11. The maximum atomic E-state index is 10.9. The zero-order chi connectivity index (χ0) is 18.2. The van der Waals surface area contributed by atoms with E-state index in [0.717, 1.165) is 24.5 Å². The lowest BCUT2D eigenvalue weighted by Gasteiger charge is -2.17. The maximum absolute atomic E-state index is 10.9. The van der Waals surface area contributed by atoms with Gasteiger partial charge in [-0.1, -0.05) is 12.1 Å². The Labute approximate surface area is 152 Å². The van der Waals surface area contributed by atoms with Crippen molar-refractivity contribution in [1.82, 2.24) is 10.6 Å². The number of benzene rings is 1. The highest BCUT2D eigenvalue weighted by Crippen LogP contribution is 2.17. The summed E-state index contributed by atoms with van der Waals surface area (Å²) in [7, 11) is 0. The molecule has 0 aliphatic heterocycles. The molecule has 0 radical (unpaired) electrons. The van der Waals surface area contributed by atoms with Gasteiger partial charge in [-0.15, -0.1) is 11.3 Å². The van der Waals surface area contributed by atoms with Gasteiger partial charge in [0.2, 0.25) is 0 Å². The number of nitro benzene ring substituents is 1. The van der Waals surface area contributed by atoms with Crippen LogP contribution in [-0.2, 0) is 13.0 Å². The second kappa shape index (κ2) is 9.17. The van der Waals surface area contributed by atoms with Crippen LogP contribution in [0.4, 0.5) is 5.69 Å². The summed E-state index contributed by atoms with van der Waals surface area (Å²) in [5.74, 6) is 0.717. The molecule has 6 nitrogen and oxygen atoms in total. The van der Waals surface area contributed by atoms with Gasteiger partial charge in [-0.25, -0.2) is 4.99 Å². The summed E-state index contributed by atoms with van der Waals surface area (Å²) in [6, 6.07) is 11.1. The molecule has 0 aliphatic carbocycles. The molecular formula is C18H24N4O2S. The Kier molecular flexibility index (Phi) is 6.94. The van der Waals surface area contributed by atoms with Crippen molar-refractivity contribution < 1.29 is 4.92 Å². The Balaban J connectivity index is 1.99. The Morgan fingerprint density at radius 3 is 2.80 bits per heavy atom. The van der Waals surface area contributed by atoms with Crippen molar-refractivity contribution in [3.63, 3.8) is 0 Å². The summed E-state index contributed by atoms with van der Waals surface area (Å²) in [5.41, 5.74) is 0.903. The molecule has 0 amide bonds. The van der Waals surface area contributed by atoms with Crippen molar-refractivity contribution >= 4 is 23.0 Å². The SMILES string of the molecule is CCNC(=NCc1cccc([N+](=O)[O-])c1)NC(C)Cc1ccc(C)s1. The van der Waals surface area contributed by atoms with Crippen LogP contribution in [0.15, 0.2) is 41.4 Å². The van der Waals surface area contributed by atoms with E-state index in [4.69, 9.17) is 0 Å². The molecule has 2 rings (SSSR count). The van der Waals surface area contributed by atoms with Gasteiger partial charge in [-0.3, -0.25) is 10.1 Å². The Bertz CT molecular complexity index is 742. The van der Waals surface area contributed by atoms with Crippen molar-refractivity contribution in [2.75, 3.05) is 6.54 Å². The van der Waals surface area contributed by atoms with E-state index in [2.05, 4.69) is 41.6 Å². The molecule has 0 spiro atoms. The number of thiophene rings is 1. The number of nitrogens with one attached hydrogen (secondary N) is 2. The number of aliphatic imine (C=N–C) groups is 1. The zero-order valence-corrected chi connectivity index (χ0v) is 15.6. The van der Waals surface area contributed by atoms with Gasteiger partial charge >= 0.3 is 0 Å². The number of hydrogen-bond donors (Lipinski definition) is 2. The van der Waals surface area contributed by atoms with Gasteiger partial charge in [0.15, 0.2) is 5.96 Å². The molecule has 0 bridgehead atoms. The first kappa shape index (κ1) is 18.9. The second-order valence-corrected chi connectivity index (χ2v) is 7.26. The topological polar surface area (TPSA) is 79.6 Å². The molecule has 2 N–H and O–H groups in total. The van der Waals surface area contributed by atoms with Gasteiger partial charge < -0.3 is 10.6 Å². The fourth-order valence-corrected chi connectivity index (χ4v) is 3.46. The highest BCUT2D eigenvalue weighted by atomic mass is 32.1. The van der Waals surface area contributed by atoms with Crippen LogP contribution in [-0.4, -0.2) is 23.5 Å². The molecule has 25 heavy (non-hydrogen) atoms. The number of aryl methyl sites for hydroxylation is 1. The molecule has 1 heterocycles. The molecule has 1 atom stereocenters. The normalized spacial score (nSPS) is 12.7.